The van der Waals surface area contributed by atoms with E-state index in [1.807, 2.05) is 6.92 Å². The van der Waals surface area contributed by atoms with E-state index in [1.54, 1.807) is 0 Å². The highest BCUT2D eigenvalue weighted by Crippen LogP contribution is 2.06. The lowest BCUT2D eigenvalue weighted by atomic mass is 10.1. The lowest BCUT2D eigenvalue weighted by Crippen LogP contribution is -2.38. The number of hydrogen-bond donors (Lipinski definition) is 1. The van der Waals surface area contributed by atoms with Gasteiger partial charge in [-0.15, -0.1) is 0 Å². The minimum atomic E-state index is 0.151. The topological polar surface area (TPSA) is 29.1 Å². The molecule has 0 heterocycles. The molecule has 1 N–H and O–H groups in total. The molecule has 0 saturated heterocycles. The van der Waals surface area contributed by atoms with Crippen LogP contribution in [-0.4, -0.2) is 17.3 Å². The molecule has 0 rings (SSSR count). The van der Waals surface area contributed by atoms with Crippen LogP contribution in [0.15, 0.2) is 0 Å². The van der Waals surface area contributed by atoms with Crippen LogP contribution in [-0.2, 0) is 4.79 Å². The molecule has 2 unspecified atom stereocenters. The molecule has 0 aliphatic rings. The summed E-state index contributed by atoms with van der Waals surface area (Å²) >= 11 is 3.38. The summed E-state index contributed by atoms with van der Waals surface area (Å²) in [6.07, 6.45) is 3.03. The maximum atomic E-state index is 11.5. The monoisotopic (exact) mass is 249 g/mol. The Morgan fingerprint density at radius 2 is 2.08 bits per heavy atom. The molecule has 2 atom stereocenters. The highest BCUT2D eigenvalue weighted by Gasteiger charge is 2.14. The SMILES string of the molecule is CCCC(C)C(=O)NC(CC)CBr. The Balaban J connectivity index is 3.83. The molecule has 78 valence electrons. The molecule has 13 heavy (non-hydrogen) atoms. The van der Waals surface area contributed by atoms with Gasteiger partial charge < -0.3 is 5.32 Å². The fraction of sp³-hybridized carbons (Fsp3) is 0.900. The number of amides is 1. The van der Waals surface area contributed by atoms with E-state index in [2.05, 4.69) is 35.1 Å². The van der Waals surface area contributed by atoms with Gasteiger partial charge >= 0.3 is 0 Å². The van der Waals surface area contributed by atoms with Crippen molar-refractivity contribution >= 4 is 21.8 Å². The first kappa shape index (κ1) is 12.9. The second-order valence-electron chi connectivity index (χ2n) is 3.46. The average Bonchev–Trinajstić information content (AvgIpc) is 2.14. The normalized spacial score (nSPS) is 15.1. The molecule has 0 radical (unpaired) electrons. The summed E-state index contributed by atoms with van der Waals surface area (Å²) in [7, 11) is 0. The lowest BCUT2D eigenvalue weighted by Gasteiger charge is -2.17. The Bertz CT molecular complexity index is 146. The van der Waals surface area contributed by atoms with E-state index < -0.39 is 0 Å². The van der Waals surface area contributed by atoms with Gasteiger partial charge in [0.1, 0.15) is 0 Å². The van der Waals surface area contributed by atoms with Crippen LogP contribution in [0.2, 0.25) is 0 Å². The quantitative estimate of drug-likeness (QED) is 0.721. The van der Waals surface area contributed by atoms with E-state index in [9.17, 15) is 4.79 Å². The molecule has 0 bridgehead atoms. The number of rotatable bonds is 6. The number of carbonyl (C=O) groups is 1. The number of nitrogens with one attached hydrogen (secondary N) is 1. The van der Waals surface area contributed by atoms with Crippen LogP contribution in [0, 0.1) is 5.92 Å². The van der Waals surface area contributed by atoms with Crippen molar-refractivity contribution in [2.45, 2.75) is 46.1 Å². The first-order valence-corrected chi connectivity index (χ1v) is 6.14. The Labute approximate surface area is 89.6 Å². The average molecular weight is 250 g/mol. The van der Waals surface area contributed by atoms with Crippen molar-refractivity contribution in [3.8, 4) is 0 Å². The van der Waals surface area contributed by atoms with Crippen molar-refractivity contribution in [2.24, 2.45) is 5.92 Å². The van der Waals surface area contributed by atoms with Gasteiger partial charge in [-0.25, -0.2) is 0 Å². The number of carbonyl (C=O) groups excluding carboxylic acids is 1. The largest absolute Gasteiger partial charge is 0.352 e. The predicted octanol–water partition coefficient (Wildman–Crippen LogP) is 2.71. The Hall–Kier alpha value is -0.0500. The van der Waals surface area contributed by atoms with Gasteiger partial charge in [0, 0.05) is 17.3 Å². The van der Waals surface area contributed by atoms with Crippen LogP contribution >= 0.6 is 15.9 Å². The first-order valence-electron chi connectivity index (χ1n) is 5.02. The van der Waals surface area contributed by atoms with Crippen LogP contribution < -0.4 is 5.32 Å². The van der Waals surface area contributed by atoms with E-state index in [0.29, 0.717) is 0 Å². The maximum Gasteiger partial charge on any atom is 0.223 e. The fourth-order valence-corrected chi connectivity index (χ4v) is 1.78. The number of halogens is 1. The maximum absolute atomic E-state index is 11.5. The van der Waals surface area contributed by atoms with E-state index in [-0.39, 0.29) is 17.9 Å². The summed E-state index contributed by atoms with van der Waals surface area (Å²) in [5, 5.41) is 3.86. The second kappa shape index (κ2) is 7.36. The third-order valence-corrected chi connectivity index (χ3v) is 2.98. The summed E-state index contributed by atoms with van der Waals surface area (Å²) in [5.74, 6) is 0.339. The molecule has 0 aromatic carbocycles. The van der Waals surface area contributed by atoms with Crippen LogP contribution in [0.5, 0.6) is 0 Å². The van der Waals surface area contributed by atoms with E-state index in [0.717, 1.165) is 24.6 Å². The fourth-order valence-electron chi connectivity index (χ4n) is 1.16. The highest BCUT2D eigenvalue weighted by atomic mass is 79.9. The molecule has 3 heteroatoms. The Kier molecular flexibility index (Phi) is 7.33. The molecular formula is C10H20BrNO. The molecule has 0 aromatic heterocycles. The summed E-state index contributed by atoms with van der Waals surface area (Å²) in [6.45, 7) is 6.17. The van der Waals surface area contributed by atoms with Gasteiger partial charge in [0.05, 0.1) is 0 Å². The zero-order valence-corrected chi connectivity index (χ0v) is 10.4. The first-order chi connectivity index (χ1) is 6.15. The number of alkyl halides is 1. The predicted molar refractivity (Wildman–Crippen MR) is 60.1 cm³/mol. The van der Waals surface area contributed by atoms with E-state index in [4.69, 9.17) is 0 Å². The van der Waals surface area contributed by atoms with Gasteiger partial charge in [-0.2, -0.15) is 0 Å². The van der Waals surface area contributed by atoms with Crippen LogP contribution in [0.3, 0.4) is 0 Å². The van der Waals surface area contributed by atoms with Gasteiger partial charge in [-0.3, -0.25) is 4.79 Å². The Morgan fingerprint density at radius 1 is 1.46 bits per heavy atom. The zero-order valence-electron chi connectivity index (χ0n) is 8.77. The second-order valence-corrected chi connectivity index (χ2v) is 4.11. The van der Waals surface area contributed by atoms with E-state index >= 15 is 0 Å². The third kappa shape index (κ3) is 5.29. The molecule has 0 aliphatic heterocycles. The summed E-state index contributed by atoms with van der Waals surface area (Å²) in [6, 6.07) is 0.284. The van der Waals surface area contributed by atoms with Crippen molar-refractivity contribution in [2.75, 3.05) is 5.33 Å². The lowest BCUT2D eigenvalue weighted by molar-refractivity contribution is -0.125. The smallest absolute Gasteiger partial charge is 0.223 e. The van der Waals surface area contributed by atoms with Crippen molar-refractivity contribution in [1.29, 1.82) is 0 Å². The highest BCUT2D eigenvalue weighted by molar-refractivity contribution is 9.09. The molecule has 0 aliphatic carbocycles. The van der Waals surface area contributed by atoms with Gasteiger partial charge in [-0.05, 0) is 12.8 Å². The molecule has 1 amide bonds. The zero-order chi connectivity index (χ0) is 10.3. The van der Waals surface area contributed by atoms with Crippen molar-refractivity contribution in [3.05, 3.63) is 0 Å². The van der Waals surface area contributed by atoms with Crippen LogP contribution in [0.25, 0.3) is 0 Å². The molecular weight excluding hydrogens is 230 g/mol. The number of hydrogen-bond acceptors (Lipinski definition) is 1. The minimum absolute atomic E-state index is 0.151. The van der Waals surface area contributed by atoms with Gasteiger partial charge in [-0.1, -0.05) is 43.1 Å². The summed E-state index contributed by atoms with van der Waals surface area (Å²) in [5.41, 5.74) is 0. The summed E-state index contributed by atoms with van der Waals surface area (Å²) < 4.78 is 0. The molecule has 0 aromatic rings. The standard InChI is InChI=1S/C10H20BrNO/c1-4-6-8(3)10(13)12-9(5-2)7-11/h8-9H,4-7H2,1-3H3,(H,12,13). The van der Waals surface area contributed by atoms with Crippen LogP contribution in [0.1, 0.15) is 40.0 Å². The van der Waals surface area contributed by atoms with Gasteiger partial charge in [0.25, 0.3) is 0 Å². The van der Waals surface area contributed by atoms with Crippen LogP contribution in [0.4, 0.5) is 0 Å². The van der Waals surface area contributed by atoms with Gasteiger partial charge in [0.2, 0.25) is 5.91 Å². The Morgan fingerprint density at radius 3 is 2.46 bits per heavy atom. The van der Waals surface area contributed by atoms with Crippen molar-refractivity contribution < 1.29 is 4.79 Å². The van der Waals surface area contributed by atoms with Crippen molar-refractivity contribution in [1.82, 2.24) is 5.32 Å². The van der Waals surface area contributed by atoms with Crippen molar-refractivity contribution in [3.63, 3.8) is 0 Å². The molecule has 0 spiro atoms. The molecule has 0 fully saturated rings. The molecule has 0 saturated carbocycles. The minimum Gasteiger partial charge on any atom is -0.352 e. The van der Waals surface area contributed by atoms with E-state index in [1.165, 1.54) is 0 Å². The summed E-state index contributed by atoms with van der Waals surface area (Å²) in [4.78, 5) is 11.5. The molecule has 2 nitrogen and oxygen atoms in total. The third-order valence-electron chi connectivity index (χ3n) is 2.19. The van der Waals surface area contributed by atoms with Gasteiger partial charge in [0.15, 0.2) is 0 Å².